The van der Waals surface area contributed by atoms with Crippen molar-refractivity contribution in [1.82, 2.24) is 0 Å². The summed E-state index contributed by atoms with van der Waals surface area (Å²) in [6, 6.07) is 8.96. The molecule has 2 N–H and O–H groups in total. The molecule has 1 aromatic carbocycles. The Morgan fingerprint density at radius 2 is 1.95 bits per heavy atom. The Balaban J connectivity index is 2.09. The summed E-state index contributed by atoms with van der Waals surface area (Å²) in [5, 5.41) is 12.7. The van der Waals surface area contributed by atoms with Crippen molar-refractivity contribution >= 4 is 17.4 Å². The maximum Gasteiger partial charge on any atom is 0.237 e. The predicted molar refractivity (Wildman–Crippen MR) is 72.6 cm³/mol. The molecule has 19 heavy (non-hydrogen) atoms. The minimum atomic E-state index is -0.951. The summed E-state index contributed by atoms with van der Waals surface area (Å²) in [7, 11) is 0. The van der Waals surface area contributed by atoms with Crippen molar-refractivity contribution in [3.05, 3.63) is 30.3 Å². The first kappa shape index (κ1) is 13.7. The predicted octanol–water partition coefficient (Wildman–Crippen LogP) is 1.99. The van der Waals surface area contributed by atoms with Gasteiger partial charge in [-0.2, -0.15) is 0 Å². The SMILES string of the molecule is CC1(C)CC(=O)C(C(=O)Nc2ccccc2)C(O)C1. The minimum absolute atomic E-state index is 0.183. The van der Waals surface area contributed by atoms with Gasteiger partial charge in [0.2, 0.25) is 5.91 Å². The van der Waals surface area contributed by atoms with E-state index in [1.54, 1.807) is 24.3 Å². The summed E-state index contributed by atoms with van der Waals surface area (Å²) >= 11 is 0. The fourth-order valence-electron chi connectivity index (χ4n) is 2.61. The van der Waals surface area contributed by atoms with Gasteiger partial charge in [-0.3, -0.25) is 9.59 Å². The summed E-state index contributed by atoms with van der Waals surface area (Å²) in [5.74, 6) is -1.55. The average molecular weight is 261 g/mol. The van der Waals surface area contributed by atoms with Crippen LogP contribution in [0.25, 0.3) is 0 Å². The number of aliphatic hydroxyl groups excluding tert-OH is 1. The van der Waals surface area contributed by atoms with Gasteiger partial charge in [-0.1, -0.05) is 32.0 Å². The molecular formula is C15H19NO3. The van der Waals surface area contributed by atoms with Crippen LogP contribution in [0, 0.1) is 11.3 Å². The van der Waals surface area contributed by atoms with Crippen LogP contribution < -0.4 is 5.32 Å². The quantitative estimate of drug-likeness (QED) is 0.800. The molecule has 1 fully saturated rings. The van der Waals surface area contributed by atoms with Crippen molar-refractivity contribution in [2.45, 2.75) is 32.8 Å². The molecule has 1 aromatic rings. The van der Waals surface area contributed by atoms with Crippen LogP contribution in [0.2, 0.25) is 0 Å². The van der Waals surface area contributed by atoms with Crippen LogP contribution in [0.3, 0.4) is 0 Å². The highest BCUT2D eigenvalue weighted by molar-refractivity contribution is 6.08. The van der Waals surface area contributed by atoms with E-state index in [0.717, 1.165) is 0 Å². The Kier molecular flexibility index (Phi) is 3.71. The van der Waals surface area contributed by atoms with Crippen molar-refractivity contribution in [2.75, 3.05) is 5.32 Å². The number of ketones is 1. The summed E-state index contributed by atoms with van der Waals surface area (Å²) in [6.45, 7) is 3.86. The van der Waals surface area contributed by atoms with E-state index in [2.05, 4.69) is 5.32 Å². The lowest BCUT2D eigenvalue weighted by molar-refractivity contribution is -0.142. The maximum absolute atomic E-state index is 12.1. The molecule has 0 aromatic heterocycles. The standard InChI is InChI=1S/C15H19NO3/c1-15(2)8-11(17)13(12(18)9-15)14(19)16-10-6-4-3-5-7-10/h3-7,11,13,17H,8-9H2,1-2H3,(H,16,19). The number of rotatable bonds is 2. The molecule has 0 heterocycles. The molecule has 1 aliphatic rings. The number of aliphatic hydroxyl groups is 1. The normalized spacial score (nSPS) is 25.9. The number of carbonyl (C=O) groups excluding carboxylic acids is 2. The Hall–Kier alpha value is -1.68. The molecule has 2 rings (SSSR count). The molecule has 2 unspecified atom stereocenters. The third-order valence-electron chi connectivity index (χ3n) is 3.47. The monoisotopic (exact) mass is 261 g/mol. The third-order valence-corrected chi connectivity index (χ3v) is 3.47. The largest absolute Gasteiger partial charge is 0.392 e. The van der Waals surface area contributed by atoms with Crippen molar-refractivity contribution in [1.29, 1.82) is 0 Å². The van der Waals surface area contributed by atoms with E-state index in [4.69, 9.17) is 0 Å². The Bertz CT molecular complexity index is 481. The van der Waals surface area contributed by atoms with Crippen molar-refractivity contribution in [2.24, 2.45) is 11.3 Å². The number of Topliss-reactive ketones (excluding diaryl/α,β-unsaturated/α-hetero) is 1. The van der Waals surface area contributed by atoms with E-state index in [1.807, 2.05) is 19.9 Å². The van der Waals surface area contributed by atoms with Crippen LogP contribution in [0.4, 0.5) is 5.69 Å². The zero-order chi connectivity index (χ0) is 14.0. The van der Waals surface area contributed by atoms with Gasteiger partial charge in [-0.05, 0) is 24.0 Å². The highest BCUT2D eigenvalue weighted by Gasteiger charge is 2.43. The molecule has 0 spiro atoms. The smallest absolute Gasteiger partial charge is 0.237 e. The fourth-order valence-corrected chi connectivity index (χ4v) is 2.61. The van der Waals surface area contributed by atoms with Crippen LogP contribution in [-0.4, -0.2) is 22.9 Å². The number of anilines is 1. The van der Waals surface area contributed by atoms with Gasteiger partial charge in [0.05, 0.1) is 6.10 Å². The average Bonchev–Trinajstić information content (AvgIpc) is 2.27. The zero-order valence-corrected chi connectivity index (χ0v) is 11.2. The van der Waals surface area contributed by atoms with Crippen LogP contribution in [-0.2, 0) is 9.59 Å². The minimum Gasteiger partial charge on any atom is -0.392 e. The lowest BCUT2D eigenvalue weighted by atomic mass is 9.70. The lowest BCUT2D eigenvalue weighted by Crippen LogP contribution is -2.46. The van der Waals surface area contributed by atoms with Gasteiger partial charge in [-0.15, -0.1) is 0 Å². The number of nitrogens with one attached hydrogen (secondary N) is 1. The topological polar surface area (TPSA) is 66.4 Å². The van der Waals surface area contributed by atoms with Crippen LogP contribution in [0.15, 0.2) is 30.3 Å². The second-order valence-electron chi connectivity index (χ2n) is 5.91. The van der Waals surface area contributed by atoms with Crippen LogP contribution in [0.1, 0.15) is 26.7 Å². The van der Waals surface area contributed by atoms with Gasteiger partial charge >= 0.3 is 0 Å². The molecule has 4 nitrogen and oxygen atoms in total. The van der Waals surface area contributed by atoms with Gasteiger partial charge in [0.25, 0.3) is 0 Å². The first-order valence-electron chi connectivity index (χ1n) is 6.46. The number of para-hydroxylation sites is 1. The maximum atomic E-state index is 12.1. The Morgan fingerprint density at radius 3 is 2.53 bits per heavy atom. The highest BCUT2D eigenvalue weighted by atomic mass is 16.3. The summed E-state index contributed by atoms with van der Waals surface area (Å²) in [6.07, 6.45) is -0.109. The van der Waals surface area contributed by atoms with E-state index >= 15 is 0 Å². The summed E-state index contributed by atoms with van der Waals surface area (Å²) in [4.78, 5) is 24.1. The number of hydrogen-bond acceptors (Lipinski definition) is 3. The Labute approximate surface area is 112 Å². The second kappa shape index (κ2) is 5.13. The van der Waals surface area contributed by atoms with Gasteiger partial charge in [-0.25, -0.2) is 0 Å². The fraction of sp³-hybridized carbons (Fsp3) is 0.467. The highest BCUT2D eigenvalue weighted by Crippen LogP contribution is 2.36. The lowest BCUT2D eigenvalue weighted by Gasteiger charge is -2.36. The van der Waals surface area contributed by atoms with Gasteiger partial charge in [0.1, 0.15) is 11.7 Å². The molecule has 4 heteroatoms. The summed E-state index contributed by atoms with van der Waals surface area (Å²) in [5.41, 5.74) is 0.400. The van der Waals surface area contributed by atoms with E-state index in [0.29, 0.717) is 18.5 Å². The van der Waals surface area contributed by atoms with E-state index in [9.17, 15) is 14.7 Å². The second-order valence-corrected chi connectivity index (χ2v) is 5.91. The number of carbonyl (C=O) groups is 2. The molecule has 0 bridgehead atoms. The van der Waals surface area contributed by atoms with Crippen LogP contribution >= 0.6 is 0 Å². The molecule has 0 radical (unpaired) electrons. The van der Waals surface area contributed by atoms with Gasteiger partial charge in [0, 0.05) is 12.1 Å². The van der Waals surface area contributed by atoms with Crippen molar-refractivity contribution in [3.8, 4) is 0 Å². The molecule has 0 saturated heterocycles. The van der Waals surface area contributed by atoms with Gasteiger partial charge in [0.15, 0.2) is 0 Å². The first-order valence-corrected chi connectivity index (χ1v) is 6.46. The van der Waals surface area contributed by atoms with E-state index < -0.39 is 17.9 Å². The first-order chi connectivity index (χ1) is 8.89. The molecule has 102 valence electrons. The zero-order valence-electron chi connectivity index (χ0n) is 11.2. The van der Waals surface area contributed by atoms with Crippen molar-refractivity contribution < 1.29 is 14.7 Å². The van der Waals surface area contributed by atoms with Crippen LogP contribution in [0.5, 0.6) is 0 Å². The molecule has 1 aliphatic carbocycles. The van der Waals surface area contributed by atoms with E-state index in [-0.39, 0.29) is 11.2 Å². The Morgan fingerprint density at radius 1 is 1.32 bits per heavy atom. The number of hydrogen-bond donors (Lipinski definition) is 2. The summed E-state index contributed by atoms with van der Waals surface area (Å²) < 4.78 is 0. The number of benzene rings is 1. The molecule has 1 amide bonds. The number of amides is 1. The third kappa shape index (κ3) is 3.20. The molecule has 1 saturated carbocycles. The van der Waals surface area contributed by atoms with Gasteiger partial charge < -0.3 is 10.4 Å². The molecule has 2 atom stereocenters. The molecular weight excluding hydrogens is 242 g/mol. The van der Waals surface area contributed by atoms with Crippen molar-refractivity contribution in [3.63, 3.8) is 0 Å². The molecule has 0 aliphatic heterocycles. The van der Waals surface area contributed by atoms with E-state index in [1.165, 1.54) is 0 Å².